The fraction of sp³-hybridized carbons (Fsp3) is 0.391. The molecular weight excluding hydrogens is 469 g/mol. The average Bonchev–Trinajstić information content (AvgIpc) is 2.69. The molecule has 2 aromatic rings. The van der Waals surface area contributed by atoms with Gasteiger partial charge in [0.05, 0.1) is 11.9 Å². The van der Waals surface area contributed by atoms with Crippen LogP contribution >= 0.6 is 11.6 Å². The van der Waals surface area contributed by atoms with Crippen molar-refractivity contribution in [1.29, 1.82) is 0 Å². The van der Waals surface area contributed by atoms with Crippen molar-refractivity contribution in [1.82, 2.24) is 10.2 Å². The van der Waals surface area contributed by atoms with E-state index in [0.717, 1.165) is 10.6 Å². The van der Waals surface area contributed by atoms with Crippen molar-refractivity contribution in [3.63, 3.8) is 0 Å². The number of benzene rings is 2. The Morgan fingerprint density at radius 2 is 1.67 bits per heavy atom. The van der Waals surface area contributed by atoms with Crippen LogP contribution in [0, 0.1) is 5.82 Å². The minimum atomic E-state index is -3.85. The first-order valence-electron chi connectivity index (χ1n) is 10.3. The molecule has 2 amide bonds. The average molecular weight is 498 g/mol. The molecule has 0 aromatic heterocycles. The van der Waals surface area contributed by atoms with Crippen LogP contribution in [0.4, 0.5) is 10.1 Å². The number of halogens is 2. The van der Waals surface area contributed by atoms with Crippen LogP contribution in [0.3, 0.4) is 0 Å². The van der Waals surface area contributed by atoms with E-state index in [-0.39, 0.29) is 17.8 Å². The quantitative estimate of drug-likeness (QED) is 0.604. The molecule has 0 spiro atoms. The SMILES string of the molecule is C[C@H](C(=O)NC(C)(C)C)N(Cc1ccccc1F)C(=O)CN(c1ccc(Cl)cc1)S(C)(=O)=O. The molecule has 2 rings (SSSR count). The number of amides is 2. The van der Waals surface area contributed by atoms with Crippen LogP contribution in [0.1, 0.15) is 33.3 Å². The number of sulfonamides is 1. The second-order valence-electron chi connectivity index (χ2n) is 8.77. The summed E-state index contributed by atoms with van der Waals surface area (Å²) in [6, 6.07) is 10.9. The lowest BCUT2D eigenvalue weighted by atomic mass is 10.1. The van der Waals surface area contributed by atoms with Crippen molar-refractivity contribution in [3.8, 4) is 0 Å². The van der Waals surface area contributed by atoms with Gasteiger partial charge in [-0.3, -0.25) is 13.9 Å². The number of anilines is 1. The Hall–Kier alpha value is -2.65. The van der Waals surface area contributed by atoms with Crippen molar-refractivity contribution in [2.24, 2.45) is 0 Å². The second kappa shape index (κ2) is 10.5. The minimum Gasteiger partial charge on any atom is -0.350 e. The van der Waals surface area contributed by atoms with Crippen molar-refractivity contribution >= 4 is 39.1 Å². The van der Waals surface area contributed by atoms with Crippen LogP contribution in [-0.2, 0) is 26.2 Å². The Balaban J connectivity index is 2.41. The summed E-state index contributed by atoms with van der Waals surface area (Å²) in [5.74, 6) is -1.63. The topological polar surface area (TPSA) is 86.8 Å². The molecule has 0 aliphatic heterocycles. The standard InChI is InChI=1S/C23H29ClFN3O4S/c1-16(22(30)26-23(2,3)4)27(14-17-8-6-7-9-20(17)25)21(29)15-28(33(5,31)32)19-12-10-18(24)11-13-19/h6-13,16H,14-15H2,1-5H3,(H,26,30)/t16-/m1/s1. The van der Waals surface area contributed by atoms with Gasteiger partial charge in [0.25, 0.3) is 0 Å². The smallest absolute Gasteiger partial charge is 0.244 e. The van der Waals surface area contributed by atoms with Gasteiger partial charge in [-0.2, -0.15) is 0 Å². The lowest BCUT2D eigenvalue weighted by molar-refractivity contribution is -0.140. The molecule has 0 aliphatic rings. The highest BCUT2D eigenvalue weighted by atomic mass is 35.5. The predicted octanol–water partition coefficient (Wildman–Crippen LogP) is 3.58. The lowest BCUT2D eigenvalue weighted by Crippen LogP contribution is -2.54. The summed E-state index contributed by atoms with van der Waals surface area (Å²) in [4.78, 5) is 27.4. The summed E-state index contributed by atoms with van der Waals surface area (Å²) in [6.45, 7) is 6.14. The zero-order valence-electron chi connectivity index (χ0n) is 19.3. The predicted molar refractivity (Wildman–Crippen MR) is 128 cm³/mol. The zero-order chi connectivity index (χ0) is 25.0. The highest BCUT2D eigenvalue weighted by molar-refractivity contribution is 7.92. The number of hydrogen-bond donors (Lipinski definition) is 1. The Labute approximate surface area is 199 Å². The minimum absolute atomic E-state index is 0.206. The van der Waals surface area contributed by atoms with E-state index in [9.17, 15) is 22.4 Å². The van der Waals surface area contributed by atoms with E-state index in [4.69, 9.17) is 11.6 Å². The Bertz CT molecular complexity index is 1100. The highest BCUT2D eigenvalue weighted by Crippen LogP contribution is 2.22. The molecule has 0 unspecified atom stereocenters. The van der Waals surface area contributed by atoms with Crippen LogP contribution in [-0.4, -0.2) is 49.5 Å². The van der Waals surface area contributed by atoms with E-state index in [0.29, 0.717) is 5.02 Å². The Kier molecular flexibility index (Phi) is 8.48. The maximum atomic E-state index is 14.3. The van der Waals surface area contributed by atoms with Gasteiger partial charge in [-0.1, -0.05) is 29.8 Å². The van der Waals surface area contributed by atoms with Crippen molar-refractivity contribution < 1.29 is 22.4 Å². The molecule has 1 atom stereocenters. The van der Waals surface area contributed by atoms with Crippen LogP contribution in [0.2, 0.25) is 5.02 Å². The Morgan fingerprint density at radius 3 is 2.18 bits per heavy atom. The van der Waals surface area contributed by atoms with E-state index >= 15 is 0 Å². The summed E-state index contributed by atoms with van der Waals surface area (Å²) < 4.78 is 40.2. The van der Waals surface area contributed by atoms with Gasteiger partial charge in [-0.05, 0) is 58.0 Å². The third-order valence-electron chi connectivity index (χ3n) is 4.76. The molecular formula is C23H29ClFN3O4S. The summed E-state index contributed by atoms with van der Waals surface area (Å²) in [7, 11) is -3.85. The van der Waals surface area contributed by atoms with Crippen LogP contribution in [0.15, 0.2) is 48.5 Å². The van der Waals surface area contributed by atoms with Gasteiger partial charge in [0, 0.05) is 22.7 Å². The van der Waals surface area contributed by atoms with Gasteiger partial charge in [0.15, 0.2) is 0 Å². The largest absolute Gasteiger partial charge is 0.350 e. The number of carbonyl (C=O) groups excluding carboxylic acids is 2. The summed E-state index contributed by atoms with van der Waals surface area (Å²) in [5.41, 5.74) is -0.105. The van der Waals surface area contributed by atoms with Crippen molar-refractivity contribution in [2.75, 3.05) is 17.1 Å². The number of nitrogens with one attached hydrogen (secondary N) is 1. The number of rotatable bonds is 8. The molecule has 0 fully saturated rings. The molecule has 0 radical (unpaired) electrons. The molecule has 0 saturated heterocycles. The Morgan fingerprint density at radius 1 is 1.09 bits per heavy atom. The summed E-state index contributed by atoms with van der Waals surface area (Å²) in [6.07, 6.45) is 0.978. The number of carbonyl (C=O) groups is 2. The molecule has 0 saturated carbocycles. The molecule has 33 heavy (non-hydrogen) atoms. The third-order valence-corrected chi connectivity index (χ3v) is 6.15. The lowest BCUT2D eigenvalue weighted by Gasteiger charge is -2.33. The van der Waals surface area contributed by atoms with E-state index in [1.807, 2.05) is 0 Å². The maximum Gasteiger partial charge on any atom is 0.244 e. The van der Waals surface area contributed by atoms with Gasteiger partial charge in [0.2, 0.25) is 21.8 Å². The molecule has 0 aliphatic carbocycles. The zero-order valence-corrected chi connectivity index (χ0v) is 20.9. The first kappa shape index (κ1) is 26.6. The molecule has 7 nitrogen and oxygen atoms in total. The van der Waals surface area contributed by atoms with Crippen molar-refractivity contribution in [2.45, 2.75) is 45.8 Å². The molecule has 1 N–H and O–H groups in total. The fourth-order valence-electron chi connectivity index (χ4n) is 3.09. The van der Waals surface area contributed by atoms with Gasteiger partial charge < -0.3 is 10.2 Å². The van der Waals surface area contributed by atoms with E-state index in [1.54, 1.807) is 26.8 Å². The monoisotopic (exact) mass is 497 g/mol. The molecule has 10 heteroatoms. The third kappa shape index (κ3) is 7.71. The van der Waals surface area contributed by atoms with Gasteiger partial charge in [-0.15, -0.1) is 0 Å². The van der Waals surface area contributed by atoms with E-state index in [2.05, 4.69) is 5.32 Å². The first-order chi connectivity index (χ1) is 15.2. The van der Waals surface area contributed by atoms with E-state index in [1.165, 1.54) is 54.3 Å². The van der Waals surface area contributed by atoms with Gasteiger partial charge in [-0.25, -0.2) is 12.8 Å². The van der Waals surface area contributed by atoms with Gasteiger partial charge in [0.1, 0.15) is 18.4 Å². The number of hydrogen-bond acceptors (Lipinski definition) is 4. The number of nitrogens with zero attached hydrogens (tertiary/aromatic N) is 2. The second-order valence-corrected chi connectivity index (χ2v) is 11.1. The first-order valence-corrected chi connectivity index (χ1v) is 12.5. The summed E-state index contributed by atoms with van der Waals surface area (Å²) >= 11 is 5.90. The van der Waals surface area contributed by atoms with Crippen LogP contribution < -0.4 is 9.62 Å². The molecule has 0 heterocycles. The maximum absolute atomic E-state index is 14.3. The van der Waals surface area contributed by atoms with E-state index < -0.39 is 45.8 Å². The van der Waals surface area contributed by atoms with Gasteiger partial charge >= 0.3 is 0 Å². The highest BCUT2D eigenvalue weighted by Gasteiger charge is 2.31. The normalized spacial score (nSPS) is 12.7. The van der Waals surface area contributed by atoms with Crippen LogP contribution in [0.5, 0.6) is 0 Å². The molecule has 2 aromatic carbocycles. The molecule has 0 bridgehead atoms. The van der Waals surface area contributed by atoms with Crippen molar-refractivity contribution in [3.05, 3.63) is 64.9 Å². The fourth-order valence-corrected chi connectivity index (χ4v) is 4.06. The van der Waals surface area contributed by atoms with Crippen LogP contribution in [0.25, 0.3) is 0 Å². The molecule has 180 valence electrons. The summed E-state index contributed by atoms with van der Waals surface area (Å²) in [5, 5.41) is 3.21.